The molecule has 0 saturated heterocycles. The van der Waals surface area contributed by atoms with Crippen molar-refractivity contribution in [3.8, 4) is 11.3 Å². The van der Waals surface area contributed by atoms with Gasteiger partial charge in [-0.05, 0) is 0 Å². The summed E-state index contributed by atoms with van der Waals surface area (Å²) in [6.45, 7) is 0. The van der Waals surface area contributed by atoms with Crippen LogP contribution in [0.3, 0.4) is 0 Å². The molecule has 0 amide bonds. The minimum absolute atomic E-state index is 0.487. The lowest BCUT2D eigenvalue weighted by Crippen LogP contribution is -1.85. The Morgan fingerprint density at radius 2 is 2.36 bits per heavy atom. The Morgan fingerprint density at radius 1 is 1.57 bits per heavy atom. The number of hydrogen-bond acceptors (Lipinski definition) is 4. The van der Waals surface area contributed by atoms with Gasteiger partial charge in [0.15, 0.2) is 10.3 Å². The molecule has 0 aliphatic heterocycles. The molecule has 0 spiro atoms. The average molecular weight is 229 g/mol. The van der Waals surface area contributed by atoms with Gasteiger partial charge in [0.25, 0.3) is 0 Å². The summed E-state index contributed by atoms with van der Waals surface area (Å²) < 4.78 is 1.68. The van der Waals surface area contributed by atoms with Crippen LogP contribution in [0.25, 0.3) is 11.3 Å². The highest BCUT2D eigenvalue weighted by molar-refractivity contribution is 7.14. The molecule has 0 fully saturated rings. The lowest BCUT2D eigenvalue weighted by atomic mass is 10.3. The van der Waals surface area contributed by atoms with E-state index in [1.54, 1.807) is 16.0 Å². The monoisotopic (exact) mass is 228 g/mol. The summed E-state index contributed by atoms with van der Waals surface area (Å²) in [6.07, 6.45) is 1.86. The van der Waals surface area contributed by atoms with Crippen LogP contribution in [0.15, 0.2) is 11.6 Å². The Morgan fingerprint density at radius 3 is 2.86 bits per heavy atom. The standard InChI is InChI=1S/C8H9ClN4S/c1-10-8-11-6(4-14-8)5-3-13(2)12-7(5)9/h3-4H,1-2H3,(H,10,11). The lowest BCUT2D eigenvalue weighted by Gasteiger charge is -1.90. The average Bonchev–Trinajstić information content (AvgIpc) is 2.71. The maximum absolute atomic E-state index is 5.94. The first-order chi connectivity index (χ1) is 6.70. The van der Waals surface area contributed by atoms with Crippen molar-refractivity contribution < 1.29 is 0 Å². The van der Waals surface area contributed by atoms with Crippen molar-refractivity contribution in [3.63, 3.8) is 0 Å². The smallest absolute Gasteiger partial charge is 0.182 e. The highest BCUT2D eigenvalue weighted by Crippen LogP contribution is 2.29. The summed E-state index contributed by atoms with van der Waals surface area (Å²) in [5.41, 5.74) is 1.73. The van der Waals surface area contributed by atoms with Crippen LogP contribution in [0.5, 0.6) is 0 Å². The number of rotatable bonds is 2. The SMILES string of the molecule is CNc1nc(-c2cn(C)nc2Cl)cs1. The zero-order valence-electron chi connectivity index (χ0n) is 7.78. The zero-order valence-corrected chi connectivity index (χ0v) is 9.35. The molecule has 0 aliphatic carbocycles. The van der Waals surface area contributed by atoms with Crippen molar-refractivity contribution in [3.05, 3.63) is 16.7 Å². The molecule has 14 heavy (non-hydrogen) atoms. The second-order valence-electron chi connectivity index (χ2n) is 2.80. The molecular weight excluding hydrogens is 220 g/mol. The summed E-state index contributed by atoms with van der Waals surface area (Å²) in [6, 6.07) is 0. The van der Waals surface area contributed by atoms with Gasteiger partial charge in [0.05, 0.1) is 11.3 Å². The van der Waals surface area contributed by atoms with Crippen LogP contribution < -0.4 is 5.32 Å². The summed E-state index contributed by atoms with van der Waals surface area (Å²) in [5, 5.41) is 10.3. The van der Waals surface area contributed by atoms with Crippen molar-refractivity contribution in [1.29, 1.82) is 0 Å². The number of nitrogens with one attached hydrogen (secondary N) is 1. The number of aryl methyl sites for hydroxylation is 1. The van der Waals surface area contributed by atoms with Gasteiger partial charge in [-0.25, -0.2) is 4.98 Å². The third-order valence-corrected chi connectivity index (χ3v) is 2.92. The Kier molecular flexibility index (Phi) is 2.43. The summed E-state index contributed by atoms with van der Waals surface area (Å²) in [5.74, 6) is 0. The minimum Gasteiger partial charge on any atom is -0.365 e. The van der Waals surface area contributed by atoms with E-state index in [2.05, 4.69) is 15.4 Å². The zero-order chi connectivity index (χ0) is 10.1. The van der Waals surface area contributed by atoms with E-state index < -0.39 is 0 Å². The number of anilines is 1. The van der Waals surface area contributed by atoms with E-state index >= 15 is 0 Å². The summed E-state index contributed by atoms with van der Waals surface area (Å²) in [4.78, 5) is 4.34. The number of nitrogens with zero attached hydrogens (tertiary/aromatic N) is 3. The molecule has 2 heterocycles. The highest BCUT2D eigenvalue weighted by Gasteiger charge is 2.10. The number of thiazole rings is 1. The van der Waals surface area contributed by atoms with Gasteiger partial charge in [-0.2, -0.15) is 5.10 Å². The van der Waals surface area contributed by atoms with Crippen molar-refractivity contribution in [2.75, 3.05) is 12.4 Å². The fourth-order valence-corrected chi connectivity index (χ4v) is 2.08. The van der Waals surface area contributed by atoms with E-state index in [1.165, 1.54) is 0 Å². The van der Waals surface area contributed by atoms with Crippen molar-refractivity contribution in [1.82, 2.24) is 14.8 Å². The predicted molar refractivity (Wildman–Crippen MR) is 58.9 cm³/mol. The lowest BCUT2D eigenvalue weighted by molar-refractivity contribution is 0.768. The molecule has 2 aromatic heterocycles. The highest BCUT2D eigenvalue weighted by atomic mass is 35.5. The van der Waals surface area contributed by atoms with Gasteiger partial charge in [0, 0.05) is 25.7 Å². The fraction of sp³-hybridized carbons (Fsp3) is 0.250. The molecule has 0 radical (unpaired) electrons. The molecule has 0 unspecified atom stereocenters. The first kappa shape index (κ1) is 9.48. The molecular formula is C8H9ClN4S. The number of halogens is 1. The largest absolute Gasteiger partial charge is 0.365 e. The Hall–Kier alpha value is -1.07. The third kappa shape index (κ3) is 1.60. The molecule has 2 aromatic rings. The molecule has 1 N–H and O–H groups in total. The van der Waals surface area contributed by atoms with Crippen LogP contribution in [-0.2, 0) is 7.05 Å². The molecule has 6 heteroatoms. The quantitative estimate of drug-likeness (QED) is 0.857. The van der Waals surface area contributed by atoms with Gasteiger partial charge >= 0.3 is 0 Å². The molecule has 4 nitrogen and oxygen atoms in total. The van der Waals surface area contributed by atoms with Gasteiger partial charge < -0.3 is 5.32 Å². The molecule has 0 aliphatic rings. The van der Waals surface area contributed by atoms with Gasteiger partial charge in [-0.1, -0.05) is 11.6 Å². The molecule has 0 aromatic carbocycles. The summed E-state index contributed by atoms with van der Waals surface area (Å²) in [7, 11) is 3.67. The van der Waals surface area contributed by atoms with Crippen LogP contribution in [0, 0.1) is 0 Å². The Labute approximate surface area is 90.5 Å². The Balaban J connectivity index is 2.43. The molecule has 74 valence electrons. The molecule has 2 rings (SSSR count). The van der Waals surface area contributed by atoms with Crippen LogP contribution in [0.2, 0.25) is 5.15 Å². The van der Waals surface area contributed by atoms with Gasteiger partial charge in [0.2, 0.25) is 0 Å². The number of aromatic nitrogens is 3. The Bertz CT molecular complexity index is 448. The van der Waals surface area contributed by atoms with E-state index in [4.69, 9.17) is 11.6 Å². The predicted octanol–water partition coefficient (Wildman–Crippen LogP) is 2.24. The second kappa shape index (κ2) is 3.59. The maximum Gasteiger partial charge on any atom is 0.182 e. The minimum atomic E-state index is 0.487. The summed E-state index contributed by atoms with van der Waals surface area (Å²) >= 11 is 7.49. The second-order valence-corrected chi connectivity index (χ2v) is 4.01. The third-order valence-electron chi connectivity index (χ3n) is 1.78. The van der Waals surface area contributed by atoms with E-state index in [0.29, 0.717) is 5.15 Å². The van der Waals surface area contributed by atoms with Crippen LogP contribution in [0.4, 0.5) is 5.13 Å². The first-order valence-corrected chi connectivity index (χ1v) is 5.29. The van der Waals surface area contributed by atoms with Crippen LogP contribution >= 0.6 is 22.9 Å². The van der Waals surface area contributed by atoms with Crippen molar-refractivity contribution in [2.24, 2.45) is 7.05 Å². The van der Waals surface area contributed by atoms with E-state index in [1.807, 2.05) is 25.7 Å². The van der Waals surface area contributed by atoms with Crippen molar-refractivity contribution >= 4 is 28.1 Å². The maximum atomic E-state index is 5.94. The van der Waals surface area contributed by atoms with E-state index in [-0.39, 0.29) is 0 Å². The van der Waals surface area contributed by atoms with Crippen LogP contribution in [-0.4, -0.2) is 21.8 Å². The molecule has 0 saturated carbocycles. The molecule has 0 atom stereocenters. The van der Waals surface area contributed by atoms with Crippen LogP contribution in [0.1, 0.15) is 0 Å². The van der Waals surface area contributed by atoms with E-state index in [0.717, 1.165) is 16.4 Å². The van der Waals surface area contributed by atoms with Gasteiger partial charge in [0.1, 0.15) is 0 Å². The van der Waals surface area contributed by atoms with Gasteiger partial charge in [-0.3, -0.25) is 4.68 Å². The fourth-order valence-electron chi connectivity index (χ4n) is 1.15. The molecule has 0 bridgehead atoms. The normalized spacial score (nSPS) is 10.5. The number of hydrogen-bond donors (Lipinski definition) is 1. The topological polar surface area (TPSA) is 42.7 Å². The van der Waals surface area contributed by atoms with Gasteiger partial charge in [-0.15, -0.1) is 11.3 Å². The van der Waals surface area contributed by atoms with Crippen molar-refractivity contribution in [2.45, 2.75) is 0 Å². The first-order valence-electron chi connectivity index (χ1n) is 4.03. The van der Waals surface area contributed by atoms with E-state index in [9.17, 15) is 0 Å².